The van der Waals surface area contributed by atoms with Crippen molar-refractivity contribution in [1.29, 1.82) is 0 Å². The van der Waals surface area contributed by atoms with Crippen molar-refractivity contribution in [3.63, 3.8) is 0 Å². The van der Waals surface area contributed by atoms with E-state index in [2.05, 4.69) is 10.3 Å². The molecule has 27 heavy (non-hydrogen) atoms. The van der Waals surface area contributed by atoms with Crippen molar-refractivity contribution >= 4 is 11.8 Å². The smallest absolute Gasteiger partial charge is 0.245 e. The Morgan fingerprint density at radius 3 is 2.59 bits per heavy atom. The van der Waals surface area contributed by atoms with Gasteiger partial charge in [0.05, 0.1) is 12.2 Å². The number of aromatic nitrogens is 3. The van der Waals surface area contributed by atoms with Crippen LogP contribution in [0.25, 0.3) is 11.3 Å². The zero-order valence-electron chi connectivity index (χ0n) is 15.8. The van der Waals surface area contributed by atoms with Gasteiger partial charge in [0.25, 0.3) is 0 Å². The minimum atomic E-state index is -0.295. The van der Waals surface area contributed by atoms with E-state index in [-0.39, 0.29) is 29.8 Å². The van der Waals surface area contributed by atoms with Crippen molar-refractivity contribution in [2.45, 2.75) is 38.8 Å². The summed E-state index contributed by atoms with van der Waals surface area (Å²) in [5.74, 6) is 0.0712. The lowest BCUT2D eigenvalue weighted by Gasteiger charge is -2.41. The minimum absolute atomic E-state index is 0.0705. The number of nitrogens with zero attached hydrogens (tertiary/aromatic N) is 5. The molecule has 1 aromatic heterocycles. The van der Waals surface area contributed by atoms with Crippen molar-refractivity contribution in [3.8, 4) is 11.3 Å². The Morgan fingerprint density at radius 1 is 1.15 bits per heavy atom. The van der Waals surface area contributed by atoms with Crippen LogP contribution in [0.15, 0.2) is 36.5 Å². The second-order valence-electron chi connectivity index (χ2n) is 7.69. The summed E-state index contributed by atoms with van der Waals surface area (Å²) >= 11 is 0. The summed E-state index contributed by atoms with van der Waals surface area (Å²) in [6.45, 7) is 5.70. The third-order valence-electron chi connectivity index (χ3n) is 5.44. The lowest BCUT2D eigenvalue weighted by atomic mass is 10.1. The normalized spacial score (nSPS) is 20.2. The molecule has 2 aromatic rings. The Hall–Kier alpha value is -2.70. The molecule has 7 heteroatoms. The molecule has 0 bridgehead atoms. The molecule has 2 aliphatic rings. The van der Waals surface area contributed by atoms with Crippen molar-refractivity contribution in [3.05, 3.63) is 36.5 Å². The molecular formula is C20H25N5O2. The van der Waals surface area contributed by atoms with Gasteiger partial charge in [0, 0.05) is 31.1 Å². The van der Waals surface area contributed by atoms with Gasteiger partial charge in [0.15, 0.2) is 0 Å². The van der Waals surface area contributed by atoms with Gasteiger partial charge in [-0.1, -0.05) is 49.4 Å². The number of amides is 2. The van der Waals surface area contributed by atoms with Gasteiger partial charge in [0.2, 0.25) is 11.8 Å². The second kappa shape index (κ2) is 7.13. The molecule has 0 saturated carbocycles. The highest BCUT2D eigenvalue weighted by molar-refractivity contribution is 5.89. The fourth-order valence-electron chi connectivity index (χ4n) is 3.83. The summed E-state index contributed by atoms with van der Waals surface area (Å²) in [6, 6.07) is 9.79. The van der Waals surface area contributed by atoms with E-state index in [1.807, 2.05) is 60.0 Å². The average molecular weight is 367 g/mol. The number of benzene rings is 1. The topological polar surface area (TPSA) is 71.3 Å². The SMILES string of the molecule is CC(C)C(=O)N1CCCC1C(=O)N1CC(n2cc(-c3ccccc3)nn2)C1. The van der Waals surface area contributed by atoms with Crippen LogP contribution in [0.2, 0.25) is 0 Å². The van der Waals surface area contributed by atoms with E-state index < -0.39 is 0 Å². The van der Waals surface area contributed by atoms with Crippen LogP contribution in [-0.2, 0) is 9.59 Å². The predicted octanol–water partition coefficient (Wildman–Crippen LogP) is 1.98. The molecular weight excluding hydrogens is 342 g/mol. The molecule has 2 amide bonds. The fraction of sp³-hybridized carbons (Fsp3) is 0.500. The third kappa shape index (κ3) is 3.34. The first-order valence-electron chi connectivity index (χ1n) is 9.61. The van der Waals surface area contributed by atoms with Crippen LogP contribution in [0.1, 0.15) is 32.7 Å². The largest absolute Gasteiger partial charge is 0.336 e. The summed E-state index contributed by atoms with van der Waals surface area (Å²) in [4.78, 5) is 28.8. The summed E-state index contributed by atoms with van der Waals surface area (Å²) in [5, 5.41) is 8.48. The number of likely N-dealkylation sites (tertiary alicyclic amines) is 2. The molecule has 4 rings (SSSR count). The van der Waals surface area contributed by atoms with Gasteiger partial charge in [-0.25, -0.2) is 4.68 Å². The Balaban J connectivity index is 1.37. The average Bonchev–Trinajstić information content (AvgIpc) is 3.30. The van der Waals surface area contributed by atoms with Gasteiger partial charge in [-0.3, -0.25) is 9.59 Å². The summed E-state index contributed by atoms with van der Waals surface area (Å²) in [5.41, 5.74) is 1.87. The molecule has 0 radical (unpaired) electrons. The molecule has 142 valence electrons. The number of carbonyl (C=O) groups excluding carboxylic acids is 2. The maximum absolute atomic E-state index is 12.9. The van der Waals surface area contributed by atoms with E-state index in [0.717, 1.165) is 24.1 Å². The quantitative estimate of drug-likeness (QED) is 0.828. The van der Waals surface area contributed by atoms with Gasteiger partial charge in [-0.15, -0.1) is 5.10 Å². The highest BCUT2D eigenvalue weighted by atomic mass is 16.2. The molecule has 1 unspecified atom stereocenters. The summed E-state index contributed by atoms with van der Waals surface area (Å²) in [6.07, 6.45) is 3.60. The lowest BCUT2D eigenvalue weighted by Crippen LogP contribution is -2.57. The zero-order chi connectivity index (χ0) is 19.0. The Morgan fingerprint density at radius 2 is 1.89 bits per heavy atom. The van der Waals surface area contributed by atoms with Crippen LogP contribution < -0.4 is 0 Å². The van der Waals surface area contributed by atoms with Crippen LogP contribution in [0.3, 0.4) is 0 Å². The van der Waals surface area contributed by atoms with E-state index in [1.54, 1.807) is 4.90 Å². The molecule has 0 spiro atoms. The molecule has 3 heterocycles. The van der Waals surface area contributed by atoms with Gasteiger partial charge in [-0.2, -0.15) is 0 Å². The Bertz CT molecular complexity index is 826. The number of rotatable bonds is 4. The first-order chi connectivity index (χ1) is 13.0. The highest BCUT2D eigenvalue weighted by Gasteiger charge is 2.41. The number of hydrogen-bond acceptors (Lipinski definition) is 4. The molecule has 2 aliphatic heterocycles. The van der Waals surface area contributed by atoms with Crippen molar-refractivity contribution in [1.82, 2.24) is 24.8 Å². The fourth-order valence-corrected chi connectivity index (χ4v) is 3.83. The zero-order valence-corrected chi connectivity index (χ0v) is 15.8. The van der Waals surface area contributed by atoms with Crippen molar-refractivity contribution in [2.24, 2.45) is 5.92 Å². The monoisotopic (exact) mass is 367 g/mol. The molecule has 1 atom stereocenters. The number of hydrogen-bond donors (Lipinski definition) is 0. The number of carbonyl (C=O) groups is 2. The van der Waals surface area contributed by atoms with Gasteiger partial charge in [0.1, 0.15) is 11.7 Å². The van der Waals surface area contributed by atoms with Crippen LogP contribution >= 0.6 is 0 Å². The molecule has 2 saturated heterocycles. The van der Waals surface area contributed by atoms with E-state index in [0.29, 0.717) is 19.6 Å². The lowest BCUT2D eigenvalue weighted by molar-refractivity contribution is -0.149. The predicted molar refractivity (Wildman–Crippen MR) is 101 cm³/mol. The van der Waals surface area contributed by atoms with Crippen LogP contribution in [-0.4, -0.2) is 62.3 Å². The maximum Gasteiger partial charge on any atom is 0.245 e. The molecule has 0 aliphatic carbocycles. The van der Waals surface area contributed by atoms with E-state index in [9.17, 15) is 9.59 Å². The molecule has 7 nitrogen and oxygen atoms in total. The third-order valence-corrected chi connectivity index (χ3v) is 5.44. The van der Waals surface area contributed by atoms with Gasteiger partial charge in [-0.05, 0) is 12.8 Å². The van der Waals surface area contributed by atoms with Crippen LogP contribution in [0.5, 0.6) is 0 Å². The Labute approximate surface area is 158 Å². The van der Waals surface area contributed by atoms with Crippen LogP contribution in [0, 0.1) is 5.92 Å². The van der Waals surface area contributed by atoms with E-state index >= 15 is 0 Å². The summed E-state index contributed by atoms with van der Waals surface area (Å²) < 4.78 is 1.85. The van der Waals surface area contributed by atoms with Crippen LogP contribution in [0.4, 0.5) is 0 Å². The summed E-state index contributed by atoms with van der Waals surface area (Å²) in [7, 11) is 0. The van der Waals surface area contributed by atoms with Gasteiger partial charge < -0.3 is 9.80 Å². The standard InChI is InChI=1S/C20H25N5O2/c1-14(2)19(26)24-10-6-9-18(24)20(27)23-11-16(12-23)25-13-17(21-22-25)15-7-4-3-5-8-15/h3-5,7-8,13-14,16,18H,6,9-12H2,1-2H3. The van der Waals surface area contributed by atoms with E-state index in [4.69, 9.17) is 0 Å². The Kier molecular flexibility index (Phi) is 4.68. The highest BCUT2D eigenvalue weighted by Crippen LogP contribution is 2.28. The minimum Gasteiger partial charge on any atom is -0.336 e. The van der Waals surface area contributed by atoms with E-state index in [1.165, 1.54) is 0 Å². The first-order valence-corrected chi connectivity index (χ1v) is 9.61. The first kappa shape index (κ1) is 17.7. The van der Waals surface area contributed by atoms with Gasteiger partial charge >= 0.3 is 0 Å². The second-order valence-corrected chi connectivity index (χ2v) is 7.69. The molecule has 2 fully saturated rings. The molecule has 0 N–H and O–H groups in total. The van der Waals surface area contributed by atoms with Crippen molar-refractivity contribution in [2.75, 3.05) is 19.6 Å². The maximum atomic E-state index is 12.9. The van der Waals surface area contributed by atoms with Crippen molar-refractivity contribution < 1.29 is 9.59 Å². The molecule has 1 aromatic carbocycles.